The summed E-state index contributed by atoms with van der Waals surface area (Å²) in [5.41, 5.74) is 0. The number of likely N-dealkylation sites (tertiary alicyclic amines) is 1. The van der Waals surface area contributed by atoms with Crippen molar-refractivity contribution in [3.8, 4) is 0 Å². The van der Waals surface area contributed by atoms with E-state index >= 15 is 0 Å². The average Bonchev–Trinajstić information content (AvgIpc) is 2.03. The van der Waals surface area contributed by atoms with E-state index in [1.165, 1.54) is 45.3 Å². The van der Waals surface area contributed by atoms with Crippen molar-refractivity contribution in [3.05, 3.63) is 6.42 Å². The predicted molar refractivity (Wildman–Crippen MR) is 50.6 cm³/mol. The second-order valence-corrected chi connectivity index (χ2v) is 3.06. The number of hydrogen-bond acceptors (Lipinski definition) is 1. The molecular weight excluding hydrogens is 182 g/mol. The van der Waals surface area contributed by atoms with Crippen LogP contribution in [0.5, 0.6) is 0 Å². The fraction of sp³-hybridized carbons (Fsp3) is 0.889. The Balaban J connectivity index is 0. The minimum Gasteiger partial charge on any atom is -1.00 e. The largest absolute Gasteiger partial charge is 2.00 e. The van der Waals surface area contributed by atoms with Gasteiger partial charge in [-0.2, -0.15) is 12.8 Å². The summed E-state index contributed by atoms with van der Waals surface area (Å²) in [4.78, 5) is 2.57. The molecule has 3 heteroatoms. The van der Waals surface area contributed by atoms with Crippen LogP contribution in [0.1, 0.15) is 32.6 Å². The summed E-state index contributed by atoms with van der Waals surface area (Å²) in [6.45, 7) is 6.19. The molecule has 1 aliphatic heterocycles. The van der Waals surface area contributed by atoms with Gasteiger partial charge in [0.25, 0.3) is 0 Å². The smallest absolute Gasteiger partial charge is 1.00 e. The molecule has 1 saturated heterocycles. The summed E-state index contributed by atoms with van der Waals surface area (Å²) >= 11 is 0. The van der Waals surface area contributed by atoms with Crippen molar-refractivity contribution in [2.24, 2.45) is 0 Å². The third kappa shape index (κ3) is 6.52. The van der Waals surface area contributed by atoms with Gasteiger partial charge in [0.15, 0.2) is 0 Å². The van der Waals surface area contributed by atoms with Gasteiger partial charge in [-0.3, -0.25) is 0 Å². The normalized spacial score (nSPS) is 17.8. The summed E-state index contributed by atoms with van der Waals surface area (Å²) < 4.78 is 0. The molecule has 0 saturated carbocycles. The first kappa shape index (κ1) is 15.5. The van der Waals surface area contributed by atoms with Crippen LogP contribution in [0.3, 0.4) is 0 Å². The molecular formula is C9H18ClMgN. The Hall–Kier alpha value is 1.02. The second-order valence-electron chi connectivity index (χ2n) is 3.06. The minimum atomic E-state index is 0. The standard InChI is InChI=1S/C9H18N.ClH.Mg/c1-2-3-7-10-8-5-4-6-9-10;;/h4H,2-3,5-9H2,1H3;1H;/q-1;;+2/p-1. The molecule has 1 nitrogen and oxygen atoms in total. The quantitative estimate of drug-likeness (QED) is 0.404. The van der Waals surface area contributed by atoms with Gasteiger partial charge in [-0.15, -0.1) is 0 Å². The molecule has 0 amide bonds. The maximum atomic E-state index is 2.57. The second kappa shape index (κ2) is 10.1. The van der Waals surface area contributed by atoms with E-state index in [1.54, 1.807) is 0 Å². The number of piperidine rings is 1. The molecule has 0 bridgehead atoms. The molecule has 0 aliphatic carbocycles. The van der Waals surface area contributed by atoms with Gasteiger partial charge >= 0.3 is 23.1 Å². The first-order chi connectivity index (χ1) is 4.93. The van der Waals surface area contributed by atoms with E-state index in [0.717, 1.165) is 0 Å². The van der Waals surface area contributed by atoms with Crippen LogP contribution in [0.4, 0.5) is 0 Å². The molecule has 1 heterocycles. The van der Waals surface area contributed by atoms with Crippen LogP contribution in [0.2, 0.25) is 0 Å². The molecule has 1 aliphatic rings. The van der Waals surface area contributed by atoms with Gasteiger partial charge < -0.3 is 23.7 Å². The molecule has 12 heavy (non-hydrogen) atoms. The van der Waals surface area contributed by atoms with Crippen molar-refractivity contribution in [1.29, 1.82) is 0 Å². The Morgan fingerprint density at radius 3 is 2.33 bits per heavy atom. The molecule has 68 valence electrons. The number of nitrogens with zero attached hydrogens (tertiary/aromatic N) is 1. The molecule has 1 fully saturated rings. The summed E-state index contributed by atoms with van der Waals surface area (Å²) in [7, 11) is 0. The molecule has 0 aromatic heterocycles. The van der Waals surface area contributed by atoms with Gasteiger partial charge in [-0.25, -0.2) is 0 Å². The fourth-order valence-corrected chi connectivity index (χ4v) is 1.41. The van der Waals surface area contributed by atoms with Crippen LogP contribution >= 0.6 is 0 Å². The number of halogens is 1. The van der Waals surface area contributed by atoms with Gasteiger partial charge in [-0.1, -0.05) is 13.3 Å². The van der Waals surface area contributed by atoms with Gasteiger partial charge in [0.05, 0.1) is 0 Å². The van der Waals surface area contributed by atoms with Gasteiger partial charge in [-0.05, 0) is 26.1 Å². The number of rotatable bonds is 3. The van der Waals surface area contributed by atoms with Crippen molar-refractivity contribution in [3.63, 3.8) is 0 Å². The first-order valence-corrected chi connectivity index (χ1v) is 4.47. The maximum Gasteiger partial charge on any atom is 2.00 e. The van der Waals surface area contributed by atoms with E-state index in [4.69, 9.17) is 0 Å². The van der Waals surface area contributed by atoms with Crippen LogP contribution in [0.25, 0.3) is 0 Å². The van der Waals surface area contributed by atoms with E-state index in [-0.39, 0.29) is 35.5 Å². The molecule has 0 radical (unpaired) electrons. The van der Waals surface area contributed by atoms with Crippen molar-refractivity contribution < 1.29 is 12.4 Å². The average molecular weight is 200 g/mol. The molecule has 0 aromatic rings. The fourth-order valence-electron chi connectivity index (χ4n) is 1.41. The van der Waals surface area contributed by atoms with Crippen molar-refractivity contribution in [2.45, 2.75) is 32.6 Å². The molecule has 0 atom stereocenters. The molecule has 0 aromatic carbocycles. The van der Waals surface area contributed by atoms with Crippen LogP contribution < -0.4 is 12.4 Å². The van der Waals surface area contributed by atoms with E-state index in [0.29, 0.717) is 0 Å². The van der Waals surface area contributed by atoms with Crippen LogP contribution in [0, 0.1) is 6.42 Å². The van der Waals surface area contributed by atoms with Crippen LogP contribution in [-0.2, 0) is 0 Å². The Morgan fingerprint density at radius 2 is 1.83 bits per heavy atom. The summed E-state index contributed by atoms with van der Waals surface area (Å²) in [5.74, 6) is 0. The molecule has 0 unspecified atom stereocenters. The summed E-state index contributed by atoms with van der Waals surface area (Å²) in [6.07, 6.45) is 7.73. The maximum absolute atomic E-state index is 2.57. The van der Waals surface area contributed by atoms with Crippen molar-refractivity contribution >= 4 is 23.1 Å². The third-order valence-corrected chi connectivity index (χ3v) is 2.13. The Kier molecular flexibility index (Phi) is 13.0. The van der Waals surface area contributed by atoms with Gasteiger partial charge in [0.1, 0.15) is 0 Å². The zero-order valence-electron chi connectivity index (χ0n) is 8.06. The van der Waals surface area contributed by atoms with E-state index in [9.17, 15) is 0 Å². The Bertz CT molecular complexity index is 84.6. The monoisotopic (exact) mass is 199 g/mol. The first-order valence-electron chi connectivity index (χ1n) is 4.47. The summed E-state index contributed by atoms with van der Waals surface area (Å²) in [5, 5.41) is 0. The Morgan fingerprint density at radius 1 is 1.25 bits per heavy atom. The van der Waals surface area contributed by atoms with Gasteiger partial charge in [0.2, 0.25) is 0 Å². The number of hydrogen-bond donors (Lipinski definition) is 0. The SMILES string of the molecule is CCCCN1CC[CH-]CC1.[Cl-].[Mg+2]. The van der Waals surface area contributed by atoms with Crippen molar-refractivity contribution in [1.82, 2.24) is 4.90 Å². The summed E-state index contributed by atoms with van der Waals surface area (Å²) in [6, 6.07) is 0. The van der Waals surface area contributed by atoms with Gasteiger partial charge in [0, 0.05) is 0 Å². The minimum absolute atomic E-state index is 0. The zero-order chi connectivity index (χ0) is 7.23. The van der Waals surface area contributed by atoms with Crippen molar-refractivity contribution in [2.75, 3.05) is 19.6 Å². The van der Waals surface area contributed by atoms with E-state index < -0.39 is 0 Å². The zero-order valence-corrected chi connectivity index (χ0v) is 10.2. The topological polar surface area (TPSA) is 3.24 Å². The Labute approximate surface area is 98.8 Å². The third-order valence-electron chi connectivity index (χ3n) is 2.13. The van der Waals surface area contributed by atoms with E-state index in [1.807, 2.05) is 0 Å². The van der Waals surface area contributed by atoms with Crippen LogP contribution in [0.15, 0.2) is 0 Å². The van der Waals surface area contributed by atoms with E-state index in [2.05, 4.69) is 18.2 Å². The van der Waals surface area contributed by atoms with Crippen LogP contribution in [-0.4, -0.2) is 47.6 Å². The predicted octanol–water partition coefficient (Wildman–Crippen LogP) is -1.29. The molecule has 1 rings (SSSR count). The number of unbranched alkanes of at least 4 members (excludes halogenated alkanes) is 1. The molecule has 0 N–H and O–H groups in total. The molecule has 0 spiro atoms.